The summed E-state index contributed by atoms with van der Waals surface area (Å²) in [5.41, 5.74) is 2.33. The molecule has 4 heterocycles. The van der Waals surface area contributed by atoms with Gasteiger partial charge in [0.15, 0.2) is 0 Å². The summed E-state index contributed by atoms with van der Waals surface area (Å²) < 4.78 is 4.16. The molecule has 138 valence electrons. The number of fused-ring (bicyclic) bond motifs is 4. The normalized spacial score (nSPS) is 23.7. The highest BCUT2D eigenvalue weighted by atomic mass is 32.1. The second kappa shape index (κ2) is 7.45. The van der Waals surface area contributed by atoms with E-state index < -0.39 is 0 Å². The molecule has 0 spiro atoms. The van der Waals surface area contributed by atoms with Crippen molar-refractivity contribution in [2.24, 2.45) is 5.92 Å². The Labute approximate surface area is 159 Å². The number of aromatic nitrogens is 2. The van der Waals surface area contributed by atoms with Gasteiger partial charge < -0.3 is 4.90 Å². The lowest BCUT2D eigenvalue weighted by Crippen LogP contribution is -2.47. The van der Waals surface area contributed by atoms with Gasteiger partial charge in [-0.3, -0.25) is 9.69 Å². The van der Waals surface area contributed by atoms with Crippen molar-refractivity contribution in [2.45, 2.75) is 51.7 Å². The molecule has 3 aliphatic rings. The third-order valence-electron chi connectivity index (χ3n) is 5.56. The van der Waals surface area contributed by atoms with Gasteiger partial charge in [0.2, 0.25) is 5.91 Å². The molecule has 3 saturated heterocycles. The van der Waals surface area contributed by atoms with Crippen molar-refractivity contribution in [1.29, 1.82) is 0 Å². The van der Waals surface area contributed by atoms with Gasteiger partial charge in [0.1, 0.15) is 0 Å². The molecule has 5 rings (SSSR count). The van der Waals surface area contributed by atoms with Gasteiger partial charge in [0.25, 0.3) is 0 Å². The Morgan fingerprint density at radius 2 is 1.96 bits per heavy atom. The van der Waals surface area contributed by atoms with Gasteiger partial charge >= 0.3 is 0 Å². The van der Waals surface area contributed by atoms with E-state index in [4.69, 9.17) is 0 Å². The quantitative estimate of drug-likeness (QED) is 0.810. The Hall–Kier alpha value is -1.79. The van der Waals surface area contributed by atoms with E-state index in [1.165, 1.54) is 22.0 Å². The summed E-state index contributed by atoms with van der Waals surface area (Å²) >= 11 is 1.50. The minimum Gasteiger partial charge on any atom is -0.334 e. The number of hydrogen-bond acceptors (Lipinski definition) is 5. The van der Waals surface area contributed by atoms with Crippen LogP contribution in [0.2, 0.25) is 0 Å². The number of carbonyl (C=O) groups is 1. The Morgan fingerprint density at radius 3 is 2.73 bits per heavy atom. The molecule has 0 aliphatic carbocycles. The van der Waals surface area contributed by atoms with Crippen LogP contribution in [0.4, 0.5) is 0 Å². The van der Waals surface area contributed by atoms with Gasteiger partial charge in [-0.05, 0) is 35.9 Å². The van der Waals surface area contributed by atoms with Gasteiger partial charge in [-0.1, -0.05) is 48.7 Å². The van der Waals surface area contributed by atoms with E-state index >= 15 is 0 Å². The molecule has 3 fully saturated rings. The molecule has 2 bridgehead atoms. The summed E-state index contributed by atoms with van der Waals surface area (Å²) in [5.74, 6) is 0.851. The second-order valence-corrected chi connectivity index (χ2v) is 8.65. The van der Waals surface area contributed by atoms with Crippen LogP contribution in [0.1, 0.15) is 48.7 Å². The third kappa shape index (κ3) is 3.53. The number of piperidine rings is 1. The monoisotopic (exact) mass is 370 g/mol. The van der Waals surface area contributed by atoms with Gasteiger partial charge in [-0.15, -0.1) is 5.10 Å². The fraction of sp³-hybridized carbons (Fsp3) is 0.550. The van der Waals surface area contributed by atoms with E-state index in [1.54, 1.807) is 0 Å². The molecule has 2 unspecified atom stereocenters. The van der Waals surface area contributed by atoms with Crippen molar-refractivity contribution < 1.29 is 4.79 Å². The summed E-state index contributed by atoms with van der Waals surface area (Å²) in [5, 5.41) is 4.31. The topological polar surface area (TPSA) is 49.3 Å². The maximum Gasteiger partial charge on any atom is 0.227 e. The molecule has 2 atom stereocenters. The number of nitrogens with zero attached hydrogens (tertiary/aromatic N) is 4. The number of amides is 1. The highest BCUT2D eigenvalue weighted by molar-refractivity contribution is 7.05. The highest BCUT2D eigenvalue weighted by Gasteiger charge is 2.40. The van der Waals surface area contributed by atoms with Crippen LogP contribution in [0.3, 0.4) is 0 Å². The number of hydrogen-bond donors (Lipinski definition) is 0. The van der Waals surface area contributed by atoms with Crippen LogP contribution in [0.15, 0.2) is 30.3 Å². The molecule has 1 amide bonds. The van der Waals surface area contributed by atoms with Gasteiger partial charge in [0, 0.05) is 32.2 Å². The van der Waals surface area contributed by atoms with Crippen molar-refractivity contribution in [3.05, 3.63) is 46.5 Å². The molecule has 26 heavy (non-hydrogen) atoms. The standard InChI is InChI=1S/C20H26N4OS/c1-14(2)19-18(26-22-21-19)13-23-11-16-8-9-17(12-23)24(20(16)25)10-15-6-4-3-5-7-15/h3-7,14,16-17H,8-13H2,1-2H3. The van der Waals surface area contributed by atoms with E-state index in [2.05, 4.69) is 45.4 Å². The predicted octanol–water partition coefficient (Wildman–Crippen LogP) is 3.28. The van der Waals surface area contributed by atoms with Crippen molar-refractivity contribution in [3.63, 3.8) is 0 Å². The smallest absolute Gasteiger partial charge is 0.227 e. The molecular weight excluding hydrogens is 344 g/mol. The molecular formula is C20H26N4OS. The lowest BCUT2D eigenvalue weighted by molar-refractivity contribution is -0.140. The average Bonchev–Trinajstić information content (AvgIpc) is 2.94. The van der Waals surface area contributed by atoms with E-state index in [9.17, 15) is 4.79 Å². The number of rotatable bonds is 5. The summed E-state index contributed by atoms with van der Waals surface area (Å²) in [6.07, 6.45) is 2.13. The van der Waals surface area contributed by atoms with Gasteiger partial charge in [-0.2, -0.15) is 0 Å². The molecule has 1 aromatic heterocycles. The zero-order valence-electron chi connectivity index (χ0n) is 15.5. The van der Waals surface area contributed by atoms with E-state index in [0.29, 0.717) is 17.9 Å². The van der Waals surface area contributed by atoms with Crippen LogP contribution in [0.5, 0.6) is 0 Å². The first-order valence-corrected chi connectivity index (χ1v) is 10.3. The van der Waals surface area contributed by atoms with Crippen molar-refractivity contribution in [2.75, 3.05) is 13.1 Å². The first-order valence-electron chi connectivity index (χ1n) is 9.49. The summed E-state index contributed by atoms with van der Waals surface area (Å²) in [6, 6.07) is 10.7. The van der Waals surface area contributed by atoms with Crippen molar-refractivity contribution in [3.8, 4) is 0 Å². The van der Waals surface area contributed by atoms with Crippen LogP contribution < -0.4 is 0 Å². The van der Waals surface area contributed by atoms with Crippen LogP contribution >= 0.6 is 11.5 Å². The highest BCUT2D eigenvalue weighted by Crippen LogP contribution is 2.32. The third-order valence-corrected chi connectivity index (χ3v) is 6.29. The molecule has 5 nitrogen and oxygen atoms in total. The zero-order valence-corrected chi connectivity index (χ0v) is 16.3. The van der Waals surface area contributed by atoms with Crippen LogP contribution in [0, 0.1) is 5.92 Å². The SMILES string of the molecule is CC(C)c1nnsc1CN1CC2CCC(C1)N(Cc1ccccc1)C2=O. The van der Waals surface area contributed by atoms with Crippen LogP contribution in [-0.4, -0.2) is 44.4 Å². The fourth-order valence-electron chi connectivity index (χ4n) is 4.21. The van der Waals surface area contributed by atoms with Crippen molar-refractivity contribution in [1.82, 2.24) is 19.4 Å². The molecule has 0 N–H and O–H groups in total. The van der Waals surface area contributed by atoms with Crippen LogP contribution in [-0.2, 0) is 17.9 Å². The summed E-state index contributed by atoms with van der Waals surface area (Å²) in [4.78, 5) is 18.8. The Kier molecular flexibility index (Phi) is 5.05. The van der Waals surface area contributed by atoms with E-state index in [0.717, 1.165) is 44.7 Å². The van der Waals surface area contributed by atoms with E-state index in [-0.39, 0.29) is 5.92 Å². The molecule has 2 aromatic rings. The fourth-order valence-corrected chi connectivity index (χ4v) is 5.05. The van der Waals surface area contributed by atoms with E-state index in [1.807, 2.05) is 18.2 Å². The molecule has 1 aromatic carbocycles. The minimum atomic E-state index is 0.126. The van der Waals surface area contributed by atoms with Gasteiger partial charge in [-0.25, -0.2) is 0 Å². The Morgan fingerprint density at radius 1 is 1.15 bits per heavy atom. The Balaban J connectivity index is 1.50. The van der Waals surface area contributed by atoms with Gasteiger partial charge in [0.05, 0.1) is 16.5 Å². The lowest BCUT2D eigenvalue weighted by Gasteiger charge is -2.36. The average molecular weight is 371 g/mol. The number of carbonyl (C=O) groups excluding carboxylic acids is 1. The maximum absolute atomic E-state index is 13.0. The summed E-state index contributed by atoms with van der Waals surface area (Å²) in [7, 11) is 0. The van der Waals surface area contributed by atoms with Crippen molar-refractivity contribution >= 4 is 17.4 Å². The molecule has 3 aliphatic heterocycles. The lowest BCUT2D eigenvalue weighted by atomic mass is 9.93. The largest absolute Gasteiger partial charge is 0.334 e. The predicted molar refractivity (Wildman–Crippen MR) is 103 cm³/mol. The first kappa shape index (κ1) is 17.6. The maximum atomic E-state index is 13.0. The Bertz CT molecular complexity index is 760. The molecule has 6 heteroatoms. The first-order chi connectivity index (χ1) is 12.6. The van der Waals surface area contributed by atoms with Crippen LogP contribution in [0.25, 0.3) is 0 Å². The zero-order chi connectivity index (χ0) is 18.1. The summed E-state index contributed by atoms with van der Waals surface area (Å²) in [6.45, 7) is 7.73. The molecule has 0 radical (unpaired) electrons. The second-order valence-electron chi connectivity index (χ2n) is 7.81. The minimum absolute atomic E-state index is 0.126. The number of benzene rings is 1. The molecule has 0 saturated carbocycles.